The Bertz CT molecular complexity index is 2490. The second-order valence-corrected chi connectivity index (χ2v) is 13.7. The van der Waals surface area contributed by atoms with Crippen molar-refractivity contribution in [2.75, 3.05) is 0 Å². The number of nitro benzene ring substituents is 2. The molecule has 6 rings (SSSR count). The second-order valence-electron chi connectivity index (χ2n) is 13.7. The Kier molecular flexibility index (Phi) is 13.3. The van der Waals surface area contributed by atoms with E-state index in [-0.39, 0.29) is 47.0 Å². The van der Waals surface area contributed by atoms with Gasteiger partial charge >= 0.3 is 18.8 Å². The Morgan fingerprint density at radius 3 is 1.44 bits per heavy atom. The van der Waals surface area contributed by atoms with Gasteiger partial charge in [-0.3, -0.25) is 20.2 Å². The first-order valence-corrected chi connectivity index (χ1v) is 16.9. The van der Waals surface area contributed by atoms with E-state index >= 15 is 0 Å². The van der Waals surface area contributed by atoms with Crippen LogP contribution in [0.2, 0.25) is 0 Å². The number of nitro groups is 2. The summed E-state index contributed by atoms with van der Waals surface area (Å²) in [5.74, 6) is -2.69. The van der Waals surface area contributed by atoms with Crippen LogP contribution in [0, 0.1) is 46.4 Å². The van der Waals surface area contributed by atoms with Gasteiger partial charge in [0.05, 0.1) is 44.0 Å². The zero-order valence-corrected chi connectivity index (χ0v) is 32.7. The Labute approximate surface area is 338 Å². The van der Waals surface area contributed by atoms with Gasteiger partial charge in [-0.25, -0.2) is 9.36 Å². The molecule has 0 atom stereocenters. The molecule has 0 amide bonds. The summed E-state index contributed by atoms with van der Waals surface area (Å²) in [6, 6.07) is 22.9. The zero-order chi connectivity index (χ0) is 40.9. The van der Waals surface area contributed by atoms with Crippen molar-refractivity contribution < 1.29 is 49.1 Å². The molecule has 4 aromatic carbocycles. The van der Waals surface area contributed by atoms with Gasteiger partial charge in [0, 0.05) is 35.4 Å². The molecule has 0 aliphatic heterocycles. The van der Waals surface area contributed by atoms with Crippen LogP contribution in [0.1, 0.15) is 44.7 Å². The number of hydrogen-bond donors (Lipinski definition) is 0. The maximum absolute atomic E-state index is 12.7. The standard InChI is InChI=1S/C21H23N5O4.C17H15N5O4.Cr/c1-13-18(20(28)25(24-13)15-8-6-5-7-9-15)23-22-16-10-14(12-21(2,3)4)11-17(19(16)27)26(29)30;1-10-8-13(16(23)14(9-10)22(25)26)18-19-15-11(2)20-21(17(15)24)12-6-4-3-5-7-12;/h5-11,27-28H,12H2,1-4H3;3-9,23-24H,1-2H3;/q;;+3/p-3. The third-order valence-electron chi connectivity index (χ3n) is 7.92. The summed E-state index contributed by atoms with van der Waals surface area (Å²) >= 11 is 0. The summed E-state index contributed by atoms with van der Waals surface area (Å²) in [4.78, 5) is 20.7. The summed E-state index contributed by atoms with van der Waals surface area (Å²) in [6.07, 6.45) is 0.508. The molecule has 0 spiro atoms. The van der Waals surface area contributed by atoms with Gasteiger partial charge in [0.15, 0.2) is 0 Å². The minimum atomic E-state index is -0.857. The smallest absolute Gasteiger partial charge is 0.866 e. The van der Waals surface area contributed by atoms with Crippen molar-refractivity contribution >= 4 is 34.1 Å². The molecule has 2 heterocycles. The molecule has 6 aromatic rings. The zero-order valence-electron chi connectivity index (χ0n) is 32.4. The van der Waals surface area contributed by atoms with E-state index in [1.54, 1.807) is 69.3 Å². The van der Waals surface area contributed by atoms with Gasteiger partial charge in [-0.2, -0.15) is 20.4 Å². The maximum Gasteiger partial charge on any atom is 3.00 e. The first-order valence-electron chi connectivity index (χ1n) is 16.9. The molecule has 18 nitrogen and oxygen atoms in total. The van der Waals surface area contributed by atoms with Gasteiger partial charge in [-0.1, -0.05) is 57.2 Å². The van der Waals surface area contributed by atoms with Crippen LogP contribution in [0.3, 0.4) is 0 Å². The Morgan fingerprint density at radius 2 is 1.04 bits per heavy atom. The average Bonchev–Trinajstić information content (AvgIpc) is 3.60. The number of aryl methyl sites for hydroxylation is 3. The molecule has 2 aromatic heterocycles. The summed E-state index contributed by atoms with van der Waals surface area (Å²) in [5.41, 5.74) is 1.14. The van der Waals surface area contributed by atoms with E-state index in [9.17, 15) is 40.7 Å². The molecule has 19 heteroatoms. The number of rotatable bonds is 9. The van der Waals surface area contributed by atoms with E-state index in [1.807, 2.05) is 32.9 Å². The molecule has 57 heavy (non-hydrogen) atoms. The number of azo groups is 2. The van der Waals surface area contributed by atoms with Crippen molar-refractivity contribution in [2.24, 2.45) is 25.9 Å². The van der Waals surface area contributed by atoms with Crippen molar-refractivity contribution in [1.29, 1.82) is 0 Å². The van der Waals surface area contributed by atoms with Crippen molar-refractivity contribution in [1.82, 2.24) is 19.6 Å². The van der Waals surface area contributed by atoms with E-state index in [0.717, 1.165) is 0 Å². The predicted molar refractivity (Wildman–Crippen MR) is 198 cm³/mol. The van der Waals surface area contributed by atoms with Crippen molar-refractivity contribution in [3.05, 3.63) is 128 Å². The molecule has 0 N–H and O–H groups in total. The molecule has 291 valence electrons. The summed E-state index contributed by atoms with van der Waals surface area (Å²) in [6.45, 7) is 10.7. The number of aromatic nitrogens is 4. The van der Waals surface area contributed by atoms with Gasteiger partial charge in [-0.15, -0.1) is 10.2 Å². The van der Waals surface area contributed by atoms with Crippen LogP contribution in [0.4, 0.5) is 34.1 Å². The molecule has 0 bridgehead atoms. The van der Waals surface area contributed by atoms with Crippen LogP contribution in [0.25, 0.3) is 11.4 Å². The van der Waals surface area contributed by atoms with Gasteiger partial charge in [0.25, 0.3) is 11.4 Å². The van der Waals surface area contributed by atoms with Crippen LogP contribution in [0.15, 0.2) is 105 Å². The largest absolute Gasteiger partial charge is 3.00 e. The average molecular weight is 812 g/mol. The molecule has 0 saturated carbocycles. The SMILES string of the molecule is Cc1cc(N=Nc2c(C)nn(-c3ccccc3)c2[O-])c([O-])c([N+](=O)[O-])c1.Cc1nn(-c2ccccc2)c([O-])c1N=Nc1cc(CC(C)(C)C)cc([N+](=O)[O-])c1[O-].[Cr+3].[H+]. The third kappa shape index (κ3) is 10.0. The molecule has 0 aliphatic rings. The molecule has 0 aliphatic carbocycles. The summed E-state index contributed by atoms with van der Waals surface area (Å²) in [7, 11) is 0. The molecule has 1 radical (unpaired) electrons. The van der Waals surface area contributed by atoms with Crippen LogP contribution < -0.4 is 20.4 Å². The van der Waals surface area contributed by atoms with Crippen molar-refractivity contribution in [3.63, 3.8) is 0 Å². The monoisotopic (exact) mass is 811 g/mol. The number of nitrogens with zero attached hydrogens (tertiary/aromatic N) is 10. The fraction of sp³-hybridized carbons (Fsp3) is 0.211. The Hall–Kier alpha value is -6.97. The fourth-order valence-corrected chi connectivity index (χ4v) is 5.45. The molecular formula is C38H35CrN10O8. The molecule has 0 saturated heterocycles. The minimum absolute atomic E-state index is 0. The summed E-state index contributed by atoms with van der Waals surface area (Å²) in [5, 5.41) is 95.7. The molecular weight excluding hydrogens is 776 g/mol. The van der Waals surface area contributed by atoms with Gasteiger partial charge in [0.1, 0.15) is 11.4 Å². The van der Waals surface area contributed by atoms with Crippen LogP contribution in [0.5, 0.6) is 23.3 Å². The van der Waals surface area contributed by atoms with Crippen LogP contribution in [-0.4, -0.2) is 29.4 Å². The van der Waals surface area contributed by atoms with E-state index in [4.69, 9.17) is 0 Å². The van der Waals surface area contributed by atoms with E-state index in [1.165, 1.54) is 33.6 Å². The number of hydrogen-bond acceptors (Lipinski definition) is 14. The first-order chi connectivity index (χ1) is 26.4. The van der Waals surface area contributed by atoms with Crippen LogP contribution >= 0.6 is 0 Å². The van der Waals surface area contributed by atoms with E-state index in [2.05, 4.69) is 30.7 Å². The van der Waals surface area contributed by atoms with E-state index in [0.29, 0.717) is 40.3 Å². The summed E-state index contributed by atoms with van der Waals surface area (Å²) < 4.78 is 2.38. The van der Waals surface area contributed by atoms with Gasteiger partial charge < -0.3 is 20.4 Å². The van der Waals surface area contributed by atoms with Crippen molar-refractivity contribution in [3.8, 4) is 34.6 Å². The molecule has 0 unspecified atom stereocenters. The minimum Gasteiger partial charge on any atom is -0.866 e. The maximum atomic E-state index is 12.7. The van der Waals surface area contributed by atoms with Gasteiger partial charge in [0.2, 0.25) is 0 Å². The normalized spacial score (nSPS) is 11.3. The predicted octanol–water partition coefficient (Wildman–Crippen LogP) is 7.31. The Morgan fingerprint density at radius 1 is 0.632 bits per heavy atom. The van der Waals surface area contributed by atoms with Gasteiger partial charge in [-0.05, 0) is 80.1 Å². The topological polar surface area (TPSA) is 264 Å². The third-order valence-corrected chi connectivity index (χ3v) is 7.92. The number of para-hydroxylation sites is 2. The Balaban J connectivity index is 0.000000303. The molecule has 0 fully saturated rings. The van der Waals surface area contributed by atoms with Crippen LogP contribution in [-0.2, 0) is 23.8 Å². The van der Waals surface area contributed by atoms with E-state index < -0.39 is 44.5 Å². The number of benzene rings is 4. The second kappa shape index (κ2) is 17.7. The fourth-order valence-electron chi connectivity index (χ4n) is 5.45. The van der Waals surface area contributed by atoms with Crippen molar-refractivity contribution in [2.45, 2.75) is 48.0 Å². The quantitative estimate of drug-likeness (QED) is 0.0798. The first kappa shape index (κ1) is 42.8.